The van der Waals surface area contributed by atoms with E-state index in [9.17, 15) is 13.6 Å². The van der Waals surface area contributed by atoms with Gasteiger partial charge in [0.2, 0.25) is 0 Å². The number of ether oxygens (including phenoxy) is 1. The summed E-state index contributed by atoms with van der Waals surface area (Å²) in [7, 11) is 1.62. The molecule has 0 spiro atoms. The molecule has 2 atom stereocenters. The number of carbonyl (C=O) groups excluding carboxylic acids is 1. The standard InChI is InChI=1S/C27H27F2N3O2/c1-17-15-31(16-30-17)25-11-6-18(13-26(25)34-2)12-20-7-9-21-4-3-5-24(32(21)27(20)33)19-8-10-22(28)23(29)14-19/h6,8,10-16,21,24H,3-5,7,9H2,1-2H3/b20-12+. The van der Waals surface area contributed by atoms with Crippen molar-refractivity contribution in [1.82, 2.24) is 14.5 Å². The number of aromatic nitrogens is 2. The Balaban J connectivity index is 1.45. The van der Waals surface area contributed by atoms with Gasteiger partial charge in [0.1, 0.15) is 5.75 Å². The van der Waals surface area contributed by atoms with Crippen LogP contribution in [0.3, 0.4) is 0 Å². The zero-order chi connectivity index (χ0) is 23.8. The Morgan fingerprint density at radius 3 is 2.68 bits per heavy atom. The van der Waals surface area contributed by atoms with Crippen LogP contribution in [0.25, 0.3) is 11.8 Å². The van der Waals surface area contributed by atoms with E-state index in [1.165, 1.54) is 6.07 Å². The number of aryl methyl sites for hydroxylation is 1. The predicted molar refractivity (Wildman–Crippen MR) is 126 cm³/mol. The molecule has 1 amide bonds. The Morgan fingerprint density at radius 1 is 1.09 bits per heavy atom. The first kappa shape index (κ1) is 22.3. The number of benzene rings is 2. The van der Waals surface area contributed by atoms with E-state index in [1.807, 2.05) is 46.9 Å². The minimum absolute atomic E-state index is 0.0287. The second-order valence-electron chi connectivity index (χ2n) is 9.05. The highest BCUT2D eigenvalue weighted by molar-refractivity contribution is 5.99. The number of nitrogens with zero attached hydrogens (tertiary/aromatic N) is 3. The summed E-state index contributed by atoms with van der Waals surface area (Å²) in [6, 6.07) is 9.68. The van der Waals surface area contributed by atoms with Gasteiger partial charge in [-0.25, -0.2) is 13.8 Å². The number of rotatable bonds is 4. The Morgan fingerprint density at radius 2 is 1.94 bits per heavy atom. The summed E-state index contributed by atoms with van der Waals surface area (Å²) in [5.41, 5.74) is 4.03. The van der Waals surface area contributed by atoms with E-state index in [4.69, 9.17) is 4.74 Å². The summed E-state index contributed by atoms with van der Waals surface area (Å²) in [5.74, 6) is -1.09. The number of piperidine rings is 2. The van der Waals surface area contributed by atoms with Crippen molar-refractivity contribution in [3.8, 4) is 11.4 Å². The summed E-state index contributed by atoms with van der Waals surface area (Å²) in [6.45, 7) is 1.93. The van der Waals surface area contributed by atoms with Crippen molar-refractivity contribution < 1.29 is 18.3 Å². The van der Waals surface area contributed by atoms with Crippen LogP contribution in [-0.4, -0.2) is 33.5 Å². The quantitative estimate of drug-likeness (QED) is 0.462. The number of fused-ring (bicyclic) bond motifs is 1. The maximum absolute atomic E-state index is 13.9. The van der Waals surface area contributed by atoms with E-state index in [-0.39, 0.29) is 18.0 Å². The van der Waals surface area contributed by atoms with Crippen LogP contribution in [0, 0.1) is 18.6 Å². The Labute approximate surface area is 197 Å². The third-order valence-electron chi connectivity index (χ3n) is 6.86. The van der Waals surface area contributed by atoms with Gasteiger partial charge in [-0.1, -0.05) is 12.1 Å². The lowest BCUT2D eigenvalue weighted by atomic mass is 9.84. The van der Waals surface area contributed by atoms with Crippen molar-refractivity contribution in [3.63, 3.8) is 0 Å². The lowest BCUT2D eigenvalue weighted by Gasteiger charge is -2.46. The monoisotopic (exact) mass is 463 g/mol. The molecule has 0 bridgehead atoms. The van der Waals surface area contributed by atoms with Crippen molar-refractivity contribution in [3.05, 3.63) is 83.0 Å². The number of hydrogen-bond acceptors (Lipinski definition) is 3. The van der Waals surface area contributed by atoms with Crippen LogP contribution in [0.5, 0.6) is 5.75 Å². The molecule has 7 heteroatoms. The molecule has 0 radical (unpaired) electrons. The van der Waals surface area contributed by atoms with Gasteiger partial charge in [0, 0.05) is 17.8 Å². The highest BCUT2D eigenvalue weighted by atomic mass is 19.2. The number of hydrogen-bond donors (Lipinski definition) is 0. The third kappa shape index (κ3) is 4.11. The van der Waals surface area contributed by atoms with Crippen molar-refractivity contribution in [2.45, 2.75) is 51.1 Å². The van der Waals surface area contributed by atoms with Gasteiger partial charge in [-0.3, -0.25) is 4.79 Å². The number of carbonyl (C=O) groups is 1. The van der Waals surface area contributed by atoms with Gasteiger partial charge in [0.25, 0.3) is 5.91 Å². The van der Waals surface area contributed by atoms with Crippen LogP contribution in [0.2, 0.25) is 0 Å². The molecule has 34 heavy (non-hydrogen) atoms. The SMILES string of the molecule is COc1cc(/C=C2\CCC3CCCC(c4ccc(F)c(F)c4)N3C2=O)ccc1-n1cnc(C)c1. The van der Waals surface area contributed by atoms with Crippen molar-refractivity contribution >= 4 is 12.0 Å². The molecule has 2 aliphatic rings. The summed E-state index contributed by atoms with van der Waals surface area (Å²) >= 11 is 0. The van der Waals surface area contributed by atoms with Crippen LogP contribution in [0.1, 0.15) is 55.0 Å². The molecule has 2 aliphatic heterocycles. The lowest BCUT2D eigenvalue weighted by Crippen LogP contribution is -2.49. The molecule has 2 unspecified atom stereocenters. The average Bonchev–Trinajstić information content (AvgIpc) is 3.28. The molecule has 5 rings (SSSR count). The molecule has 2 saturated heterocycles. The maximum atomic E-state index is 13.9. The Kier molecular flexibility index (Phi) is 5.94. The van der Waals surface area contributed by atoms with Crippen LogP contribution in [0.4, 0.5) is 8.78 Å². The van der Waals surface area contributed by atoms with Gasteiger partial charge in [-0.2, -0.15) is 0 Å². The molecule has 0 saturated carbocycles. The molecule has 3 aromatic rings. The van der Waals surface area contributed by atoms with Crippen molar-refractivity contribution in [1.29, 1.82) is 0 Å². The minimum Gasteiger partial charge on any atom is -0.495 e. The highest BCUT2D eigenvalue weighted by Crippen LogP contribution is 2.41. The highest BCUT2D eigenvalue weighted by Gasteiger charge is 2.39. The van der Waals surface area contributed by atoms with Gasteiger partial charge in [0.05, 0.1) is 30.9 Å². The summed E-state index contributed by atoms with van der Waals surface area (Å²) in [4.78, 5) is 19.8. The molecule has 1 aromatic heterocycles. The maximum Gasteiger partial charge on any atom is 0.250 e. The number of halogens is 2. The second kappa shape index (κ2) is 9.05. The zero-order valence-corrected chi connectivity index (χ0v) is 19.3. The Hall–Kier alpha value is -3.48. The van der Waals surface area contributed by atoms with Gasteiger partial charge >= 0.3 is 0 Å². The fourth-order valence-corrected chi connectivity index (χ4v) is 5.20. The third-order valence-corrected chi connectivity index (χ3v) is 6.86. The minimum atomic E-state index is -0.875. The van der Waals surface area contributed by atoms with E-state index < -0.39 is 11.6 Å². The number of methoxy groups -OCH3 is 1. The molecule has 0 aliphatic carbocycles. The van der Waals surface area contributed by atoms with Gasteiger partial charge < -0.3 is 14.2 Å². The van der Waals surface area contributed by atoms with Gasteiger partial charge in [-0.05, 0) is 80.5 Å². The van der Waals surface area contributed by atoms with Crippen molar-refractivity contribution in [2.24, 2.45) is 0 Å². The summed E-state index contributed by atoms with van der Waals surface area (Å²) in [6.07, 6.45) is 9.78. The summed E-state index contributed by atoms with van der Waals surface area (Å²) in [5, 5.41) is 0. The zero-order valence-electron chi connectivity index (χ0n) is 19.3. The van der Waals surface area contributed by atoms with Crippen molar-refractivity contribution in [2.75, 3.05) is 7.11 Å². The number of amides is 1. The molecular formula is C27H27F2N3O2. The van der Waals surface area contributed by atoms with Gasteiger partial charge in [-0.15, -0.1) is 0 Å². The number of imidazole rings is 1. The smallest absolute Gasteiger partial charge is 0.250 e. The predicted octanol–water partition coefficient (Wildman–Crippen LogP) is 5.77. The first-order valence-electron chi connectivity index (χ1n) is 11.6. The second-order valence-corrected chi connectivity index (χ2v) is 9.05. The van der Waals surface area contributed by atoms with E-state index in [1.54, 1.807) is 19.5 Å². The molecule has 2 fully saturated rings. The molecule has 0 N–H and O–H groups in total. The topological polar surface area (TPSA) is 47.4 Å². The summed E-state index contributed by atoms with van der Waals surface area (Å²) < 4.78 is 35.0. The van der Waals surface area contributed by atoms with Crippen LogP contribution >= 0.6 is 0 Å². The molecule has 2 aromatic carbocycles. The average molecular weight is 464 g/mol. The molecule has 3 heterocycles. The van der Waals surface area contributed by atoms with Crippen LogP contribution in [0.15, 0.2) is 54.5 Å². The van der Waals surface area contributed by atoms with Crippen LogP contribution < -0.4 is 4.74 Å². The first-order valence-corrected chi connectivity index (χ1v) is 11.6. The van der Waals surface area contributed by atoms with Crippen LogP contribution in [-0.2, 0) is 4.79 Å². The van der Waals surface area contributed by atoms with E-state index >= 15 is 0 Å². The lowest BCUT2D eigenvalue weighted by molar-refractivity contribution is -0.136. The van der Waals surface area contributed by atoms with E-state index in [0.717, 1.165) is 54.3 Å². The molecular weight excluding hydrogens is 436 g/mol. The Bertz CT molecular complexity index is 1270. The fraction of sp³-hybridized carbons (Fsp3) is 0.333. The first-order chi connectivity index (χ1) is 16.4. The molecule has 176 valence electrons. The van der Waals surface area contributed by atoms with Gasteiger partial charge in [0.15, 0.2) is 11.6 Å². The van der Waals surface area contributed by atoms with E-state index in [0.29, 0.717) is 17.7 Å². The fourth-order valence-electron chi connectivity index (χ4n) is 5.20. The normalized spacial score (nSPS) is 21.6. The largest absolute Gasteiger partial charge is 0.495 e. The van der Waals surface area contributed by atoms with E-state index in [2.05, 4.69) is 4.98 Å². The molecule has 5 nitrogen and oxygen atoms in total.